The zero-order valence-electron chi connectivity index (χ0n) is 14.6. The van der Waals surface area contributed by atoms with Crippen LogP contribution in [0.4, 0.5) is 0 Å². The number of rotatable bonds is 4. The van der Waals surface area contributed by atoms with Gasteiger partial charge in [0.05, 0.1) is 10.7 Å². The van der Waals surface area contributed by atoms with Crippen molar-refractivity contribution < 1.29 is 4.74 Å². The van der Waals surface area contributed by atoms with Crippen LogP contribution >= 0.6 is 34.8 Å². The number of benzene rings is 1. The molecule has 0 fully saturated rings. The van der Waals surface area contributed by atoms with E-state index in [-0.39, 0.29) is 12.6 Å². The van der Waals surface area contributed by atoms with Crippen LogP contribution in [-0.2, 0) is 6.61 Å². The number of ether oxygens (including phenoxy) is 1. The Bertz CT molecular complexity index is 1360. The predicted molar refractivity (Wildman–Crippen MR) is 111 cm³/mol. The summed E-state index contributed by atoms with van der Waals surface area (Å²) in [5.74, 6) is 0. The lowest BCUT2D eigenvalue weighted by Crippen LogP contribution is -2.03. The van der Waals surface area contributed by atoms with Crippen molar-refractivity contribution in [3.63, 3.8) is 0 Å². The molecule has 0 unspecified atom stereocenters. The van der Waals surface area contributed by atoms with Crippen molar-refractivity contribution in [1.29, 1.82) is 0 Å². The molecule has 144 valence electrons. The molecule has 29 heavy (non-hydrogen) atoms. The first-order valence-electron chi connectivity index (χ1n) is 8.51. The molecule has 5 rings (SSSR count). The minimum absolute atomic E-state index is 0.221. The van der Waals surface area contributed by atoms with Gasteiger partial charge in [0.2, 0.25) is 0 Å². The standard InChI is InChI=1S/C19H11Cl3N6O/c20-12-3-4-14(21)13(8-12)15-9-27-7-1-2-11(18(27)23-15)10-29-19-25-24-17-6-5-16(22)26-28(17)19/h1-9H,10H2. The molecule has 0 N–H and O–H groups in total. The van der Waals surface area contributed by atoms with Gasteiger partial charge in [0.15, 0.2) is 5.65 Å². The molecule has 0 aliphatic heterocycles. The SMILES string of the molecule is Clc1ccc(Cl)c(-c2cn3cccc(COc4nnc5ccc(Cl)nn45)c3n2)c1. The summed E-state index contributed by atoms with van der Waals surface area (Å²) in [6.45, 7) is 0.221. The molecule has 4 aromatic heterocycles. The van der Waals surface area contributed by atoms with E-state index < -0.39 is 0 Å². The number of pyridine rings is 1. The van der Waals surface area contributed by atoms with Crippen LogP contribution in [0.3, 0.4) is 0 Å². The van der Waals surface area contributed by atoms with Gasteiger partial charge in [-0.3, -0.25) is 0 Å². The number of aromatic nitrogens is 6. The van der Waals surface area contributed by atoms with Gasteiger partial charge in [-0.05, 0) is 36.4 Å². The summed E-state index contributed by atoms with van der Waals surface area (Å²) in [6.07, 6.45) is 3.80. The Balaban J connectivity index is 1.49. The molecule has 5 aromatic rings. The largest absolute Gasteiger partial charge is 0.457 e. The number of halogens is 3. The average Bonchev–Trinajstić information content (AvgIpc) is 3.32. The highest BCUT2D eigenvalue weighted by Gasteiger charge is 2.13. The van der Waals surface area contributed by atoms with Gasteiger partial charge in [-0.2, -0.15) is 4.52 Å². The topological polar surface area (TPSA) is 69.6 Å². The average molecular weight is 446 g/mol. The number of fused-ring (bicyclic) bond motifs is 2. The fourth-order valence-corrected chi connectivity index (χ4v) is 3.51. The Morgan fingerprint density at radius 3 is 2.79 bits per heavy atom. The third kappa shape index (κ3) is 3.37. The van der Waals surface area contributed by atoms with Crippen LogP contribution in [0.1, 0.15) is 5.56 Å². The van der Waals surface area contributed by atoms with Crippen LogP contribution < -0.4 is 4.74 Å². The summed E-state index contributed by atoms with van der Waals surface area (Å²) < 4.78 is 9.19. The minimum atomic E-state index is 0.221. The molecule has 1 aromatic carbocycles. The van der Waals surface area contributed by atoms with E-state index in [2.05, 4.69) is 15.3 Å². The van der Waals surface area contributed by atoms with E-state index in [0.717, 1.165) is 16.8 Å². The summed E-state index contributed by atoms with van der Waals surface area (Å²) in [6, 6.07) is 12.7. The third-order valence-corrected chi connectivity index (χ3v) is 5.09. The summed E-state index contributed by atoms with van der Waals surface area (Å²) in [5.41, 5.74) is 3.61. The van der Waals surface area contributed by atoms with Gasteiger partial charge in [-0.15, -0.1) is 10.2 Å². The van der Waals surface area contributed by atoms with Crippen molar-refractivity contribution >= 4 is 46.1 Å². The number of imidazole rings is 1. The second kappa shape index (κ2) is 7.18. The molecule has 0 aliphatic rings. The molecule has 0 saturated heterocycles. The Kier molecular flexibility index (Phi) is 4.50. The summed E-state index contributed by atoms with van der Waals surface area (Å²) in [5, 5.41) is 13.7. The first-order chi connectivity index (χ1) is 14.1. The Morgan fingerprint density at radius 1 is 1.00 bits per heavy atom. The molecule has 0 amide bonds. The highest BCUT2D eigenvalue weighted by atomic mass is 35.5. The Labute approximate surface area is 179 Å². The van der Waals surface area contributed by atoms with E-state index in [9.17, 15) is 0 Å². The molecule has 0 bridgehead atoms. The van der Waals surface area contributed by atoms with Gasteiger partial charge < -0.3 is 9.14 Å². The van der Waals surface area contributed by atoms with Gasteiger partial charge in [-0.25, -0.2) is 4.98 Å². The zero-order chi connectivity index (χ0) is 20.0. The predicted octanol–water partition coefficient (Wildman–Crippen LogP) is 4.98. The van der Waals surface area contributed by atoms with Crippen LogP contribution in [-0.4, -0.2) is 29.2 Å². The molecule has 0 atom stereocenters. The maximum atomic E-state index is 6.33. The highest BCUT2D eigenvalue weighted by molar-refractivity contribution is 6.35. The summed E-state index contributed by atoms with van der Waals surface area (Å²) in [7, 11) is 0. The van der Waals surface area contributed by atoms with Gasteiger partial charge >= 0.3 is 6.01 Å². The molecule has 0 radical (unpaired) electrons. The lowest BCUT2D eigenvalue weighted by molar-refractivity contribution is 0.274. The molecule has 7 nitrogen and oxygen atoms in total. The third-order valence-electron chi connectivity index (χ3n) is 4.33. The van der Waals surface area contributed by atoms with Crippen molar-refractivity contribution in [3.8, 4) is 17.3 Å². The second-order valence-corrected chi connectivity index (χ2v) is 7.44. The molecule has 0 saturated carbocycles. The van der Waals surface area contributed by atoms with Crippen molar-refractivity contribution in [1.82, 2.24) is 29.2 Å². The van der Waals surface area contributed by atoms with E-state index in [1.807, 2.05) is 28.9 Å². The van der Waals surface area contributed by atoms with E-state index in [1.54, 1.807) is 30.3 Å². The first kappa shape index (κ1) is 18.2. The number of nitrogens with zero attached hydrogens (tertiary/aromatic N) is 6. The maximum absolute atomic E-state index is 6.33. The maximum Gasteiger partial charge on any atom is 0.339 e. The van der Waals surface area contributed by atoms with Crippen molar-refractivity contribution in [3.05, 3.63) is 75.6 Å². The fraction of sp³-hybridized carbons (Fsp3) is 0.0526. The second-order valence-electron chi connectivity index (χ2n) is 6.21. The smallest absolute Gasteiger partial charge is 0.339 e. The van der Waals surface area contributed by atoms with Crippen molar-refractivity contribution in [2.75, 3.05) is 0 Å². The van der Waals surface area contributed by atoms with Crippen LogP contribution in [0.25, 0.3) is 22.6 Å². The molecule has 10 heteroatoms. The lowest BCUT2D eigenvalue weighted by atomic mass is 10.2. The summed E-state index contributed by atoms with van der Waals surface area (Å²) >= 11 is 18.4. The van der Waals surface area contributed by atoms with Crippen LogP contribution in [0.15, 0.2) is 54.9 Å². The monoisotopic (exact) mass is 444 g/mol. The fourth-order valence-electron chi connectivity index (χ4n) is 2.99. The molecular formula is C19H11Cl3N6O. The van der Waals surface area contributed by atoms with E-state index in [1.165, 1.54) is 4.52 Å². The lowest BCUT2D eigenvalue weighted by Gasteiger charge is -2.05. The highest BCUT2D eigenvalue weighted by Crippen LogP contribution is 2.30. The van der Waals surface area contributed by atoms with Gasteiger partial charge in [0, 0.05) is 28.5 Å². The first-order valence-corrected chi connectivity index (χ1v) is 9.65. The van der Waals surface area contributed by atoms with Gasteiger partial charge in [0.25, 0.3) is 0 Å². The van der Waals surface area contributed by atoms with Crippen molar-refractivity contribution in [2.24, 2.45) is 0 Å². The van der Waals surface area contributed by atoms with Crippen molar-refractivity contribution in [2.45, 2.75) is 6.61 Å². The van der Waals surface area contributed by atoms with Crippen LogP contribution in [0.2, 0.25) is 15.2 Å². The van der Waals surface area contributed by atoms with E-state index >= 15 is 0 Å². The van der Waals surface area contributed by atoms with Crippen LogP contribution in [0, 0.1) is 0 Å². The molecule has 0 spiro atoms. The Morgan fingerprint density at radius 2 is 1.90 bits per heavy atom. The zero-order valence-corrected chi connectivity index (χ0v) is 16.9. The van der Waals surface area contributed by atoms with Gasteiger partial charge in [-0.1, -0.05) is 46.0 Å². The summed E-state index contributed by atoms with van der Waals surface area (Å²) in [4.78, 5) is 4.72. The van der Waals surface area contributed by atoms with E-state index in [4.69, 9.17) is 44.5 Å². The van der Waals surface area contributed by atoms with Gasteiger partial charge in [0.1, 0.15) is 17.4 Å². The molecule has 4 heterocycles. The molecular weight excluding hydrogens is 435 g/mol. The Hall–Kier alpha value is -2.87. The molecule has 0 aliphatic carbocycles. The quantitative estimate of drug-likeness (QED) is 0.390. The number of hydrogen-bond acceptors (Lipinski definition) is 5. The number of hydrogen-bond donors (Lipinski definition) is 0. The minimum Gasteiger partial charge on any atom is -0.457 e. The van der Waals surface area contributed by atoms with Crippen LogP contribution in [0.5, 0.6) is 6.01 Å². The van der Waals surface area contributed by atoms with E-state index in [0.29, 0.717) is 26.5 Å². The normalized spacial score (nSPS) is 11.4.